The molecule has 0 aromatic carbocycles. The van der Waals surface area contributed by atoms with Crippen molar-refractivity contribution in [3.63, 3.8) is 0 Å². The van der Waals surface area contributed by atoms with Crippen LogP contribution in [0.15, 0.2) is 0 Å². The monoisotopic (exact) mass is 123 g/mol. The summed E-state index contributed by atoms with van der Waals surface area (Å²) >= 11 is 0. The number of cyclic esters (lactones) is 1. The highest BCUT2D eigenvalue weighted by molar-refractivity contribution is 5.85. The van der Waals surface area contributed by atoms with E-state index in [-0.39, 0.29) is 24.4 Å². The van der Waals surface area contributed by atoms with Crippen molar-refractivity contribution in [3.05, 3.63) is 0 Å². The number of carbonyl (C=O) groups is 1. The Kier molecular flexibility index (Phi) is 2.05. The van der Waals surface area contributed by atoms with Crippen molar-refractivity contribution >= 4 is 18.4 Å². The van der Waals surface area contributed by atoms with Crippen molar-refractivity contribution in [1.82, 2.24) is 0 Å². The molecule has 0 aromatic heterocycles. The van der Waals surface area contributed by atoms with E-state index in [1.165, 1.54) is 0 Å². The zero-order valence-corrected chi connectivity index (χ0v) is 4.40. The number of carbonyl (C=O) groups excluding carboxylic acids is 1. The third-order valence-electron chi connectivity index (χ3n) is 0.708. The fourth-order valence-corrected chi connectivity index (χ4v) is 0.248. The lowest BCUT2D eigenvalue weighted by atomic mass is 10.3. The fourth-order valence-electron chi connectivity index (χ4n) is 0.248. The molecule has 1 rings (SSSR count). The van der Waals surface area contributed by atoms with Crippen LogP contribution >= 0.6 is 12.4 Å². The summed E-state index contributed by atoms with van der Waals surface area (Å²) in [5.41, 5.74) is 5.05. The molecule has 1 aliphatic rings. The van der Waals surface area contributed by atoms with Gasteiger partial charge in [-0.2, -0.15) is 0 Å². The Hall–Kier alpha value is -0.280. The molecule has 1 heterocycles. The van der Waals surface area contributed by atoms with Crippen LogP contribution in [0.3, 0.4) is 0 Å². The third-order valence-corrected chi connectivity index (χ3v) is 0.708. The van der Waals surface area contributed by atoms with E-state index < -0.39 is 0 Å². The SMILES string of the molecule is Cl.NC1COC1=O. The first kappa shape index (κ1) is 6.72. The van der Waals surface area contributed by atoms with Crippen molar-refractivity contribution in [2.24, 2.45) is 5.73 Å². The summed E-state index contributed by atoms with van der Waals surface area (Å²) in [6.07, 6.45) is 0. The Morgan fingerprint density at radius 1 is 1.86 bits per heavy atom. The molecule has 2 N–H and O–H groups in total. The van der Waals surface area contributed by atoms with Crippen LogP contribution in [0, 0.1) is 0 Å². The summed E-state index contributed by atoms with van der Waals surface area (Å²) < 4.78 is 4.28. The van der Waals surface area contributed by atoms with Crippen LogP contribution in [-0.2, 0) is 9.53 Å². The van der Waals surface area contributed by atoms with Gasteiger partial charge in [0.05, 0.1) is 0 Å². The van der Waals surface area contributed by atoms with E-state index >= 15 is 0 Å². The summed E-state index contributed by atoms with van der Waals surface area (Å²) in [6.45, 7) is 0.402. The lowest BCUT2D eigenvalue weighted by Crippen LogP contribution is -2.47. The summed E-state index contributed by atoms with van der Waals surface area (Å²) in [6, 6.07) is -0.329. The molecule has 0 saturated carbocycles. The number of halogens is 1. The quantitative estimate of drug-likeness (QED) is 0.433. The second-order valence-corrected chi connectivity index (χ2v) is 1.24. The van der Waals surface area contributed by atoms with Crippen LogP contribution in [0.4, 0.5) is 0 Å². The maximum atomic E-state index is 9.88. The number of nitrogens with two attached hydrogens (primary N) is 1. The molecule has 4 heteroatoms. The van der Waals surface area contributed by atoms with Crippen molar-refractivity contribution in [2.45, 2.75) is 6.04 Å². The maximum Gasteiger partial charge on any atom is 0.326 e. The molecular formula is C3H6ClNO2. The average molecular weight is 124 g/mol. The molecule has 1 fully saturated rings. The highest BCUT2D eigenvalue weighted by Crippen LogP contribution is 1.96. The number of hydrogen-bond acceptors (Lipinski definition) is 3. The molecule has 3 nitrogen and oxygen atoms in total. The van der Waals surface area contributed by atoms with E-state index in [0.717, 1.165) is 0 Å². The van der Waals surface area contributed by atoms with Gasteiger partial charge in [0.15, 0.2) is 0 Å². The molecule has 0 spiro atoms. The van der Waals surface area contributed by atoms with Crippen LogP contribution in [0.1, 0.15) is 0 Å². The van der Waals surface area contributed by atoms with Gasteiger partial charge >= 0.3 is 5.97 Å². The van der Waals surface area contributed by atoms with Gasteiger partial charge in [-0.1, -0.05) is 0 Å². The van der Waals surface area contributed by atoms with Crippen LogP contribution in [0.25, 0.3) is 0 Å². The van der Waals surface area contributed by atoms with Crippen LogP contribution < -0.4 is 5.73 Å². The lowest BCUT2D eigenvalue weighted by Gasteiger charge is -2.18. The normalized spacial score (nSPS) is 27.0. The summed E-state index contributed by atoms with van der Waals surface area (Å²) in [5, 5.41) is 0. The first-order chi connectivity index (χ1) is 2.80. The van der Waals surface area contributed by atoms with Crippen molar-refractivity contribution in [2.75, 3.05) is 6.61 Å². The molecule has 0 aromatic rings. The predicted molar refractivity (Wildman–Crippen MR) is 26.2 cm³/mol. The van der Waals surface area contributed by atoms with Gasteiger partial charge in [-0.3, -0.25) is 4.79 Å². The van der Waals surface area contributed by atoms with E-state index in [2.05, 4.69) is 4.74 Å². The Bertz CT molecular complexity index is 85.0. The number of esters is 1. The van der Waals surface area contributed by atoms with E-state index in [4.69, 9.17) is 5.73 Å². The molecule has 1 atom stereocenters. The summed E-state index contributed by atoms with van der Waals surface area (Å²) in [7, 11) is 0. The van der Waals surface area contributed by atoms with Crippen molar-refractivity contribution in [3.8, 4) is 0 Å². The minimum absolute atomic E-state index is 0. The second kappa shape index (κ2) is 2.14. The second-order valence-electron chi connectivity index (χ2n) is 1.24. The first-order valence-corrected chi connectivity index (χ1v) is 1.73. The molecular weight excluding hydrogens is 117 g/mol. The maximum absolute atomic E-state index is 9.88. The molecule has 42 valence electrons. The average Bonchev–Trinajstić information content (AvgIpc) is 1.61. The van der Waals surface area contributed by atoms with Crippen molar-refractivity contribution in [1.29, 1.82) is 0 Å². The zero-order chi connectivity index (χ0) is 4.57. The van der Waals surface area contributed by atoms with Gasteiger partial charge in [0.25, 0.3) is 0 Å². The molecule has 7 heavy (non-hydrogen) atoms. The topological polar surface area (TPSA) is 52.3 Å². The number of hydrogen-bond donors (Lipinski definition) is 1. The van der Waals surface area contributed by atoms with E-state index in [9.17, 15) is 4.79 Å². The zero-order valence-electron chi connectivity index (χ0n) is 3.59. The highest BCUT2D eigenvalue weighted by atomic mass is 35.5. The number of ether oxygens (including phenoxy) is 1. The fraction of sp³-hybridized carbons (Fsp3) is 0.667. The molecule has 0 bridgehead atoms. The van der Waals surface area contributed by atoms with Crippen LogP contribution in [0.2, 0.25) is 0 Å². The highest BCUT2D eigenvalue weighted by Gasteiger charge is 2.25. The van der Waals surface area contributed by atoms with Gasteiger partial charge in [-0.05, 0) is 0 Å². The number of rotatable bonds is 0. The van der Waals surface area contributed by atoms with Crippen LogP contribution in [-0.4, -0.2) is 18.6 Å². The van der Waals surface area contributed by atoms with Gasteiger partial charge in [0.1, 0.15) is 12.6 Å². The predicted octanol–water partition coefficient (Wildman–Crippen LogP) is -0.708. The summed E-state index contributed by atoms with van der Waals surface area (Å²) in [4.78, 5) is 9.88. The standard InChI is InChI=1S/C3H5NO2.ClH/c4-2-1-6-3(2)5;/h2H,1,4H2;1H. The van der Waals surface area contributed by atoms with Gasteiger partial charge < -0.3 is 10.5 Å². The molecule has 0 aliphatic carbocycles. The molecule has 0 amide bonds. The van der Waals surface area contributed by atoms with E-state index in [1.807, 2.05) is 0 Å². The van der Waals surface area contributed by atoms with Crippen LogP contribution in [0.5, 0.6) is 0 Å². The van der Waals surface area contributed by atoms with Gasteiger partial charge in [0.2, 0.25) is 0 Å². The Morgan fingerprint density at radius 3 is 2.29 bits per heavy atom. The molecule has 0 radical (unpaired) electrons. The molecule has 1 aliphatic heterocycles. The van der Waals surface area contributed by atoms with Gasteiger partial charge in [-0.25, -0.2) is 0 Å². The third kappa shape index (κ3) is 1.04. The largest absolute Gasteiger partial charge is 0.462 e. The minimum Gasteiger partial charge on any atom is -0.462 e. The van der Waals surface area contributed by atoms with Gasteiger partial charge in [-0.15, -0.1) is 12.4 Å². The first-order valence-electron chi connectivity index (χ1n) is 1.73. The van der Waals surface area contributed by atoms with E-state index in [0.29, 0.717) is 6.61 Å². The lowest BCUT2D eigenvalue weighted by molar-refractivity contribution is -0.160. The van der Waals surface area contributed by atoms with Crippen molar-refractivity contribution < 1.29 is 9.53 Å². The minimum atomic E-state index is -0.329. The Morgan fingerprint density at radius 2 is 2.29 bits per heavy atom. The van der Waals surface area contributed by atoms with Gasteiger partial charge in [0, 0.05) is 0 Å². The van der Waals surface area contributed by atoms with E-state index in [1.54, 1.807) is 0 Å². The summed E-state index contributed by atoms with van der Waals surface area (Å²) in [5.74, 6) is -0.282. The molecule has 1 unspecified atom stereocenters. The molecule has 1 saturated heterocycles. The Labute approximate surface area is 47.2 Å². The Balaban J connectivity index is 0.000000360. The smallest absolute Gasteiger partial charge is 0.326 e.